The van der Waals surface area contributed by atoms with Gasteiger partial charge in [0.05, 0.1) is 12.1 Å². The number of anilines is 1. The van der Waals surface area contributed by atoms with Crippen LogP contribution in [-0.2, 0) is 13.1 Å². The Kier molecular flexibility index (Phi) is 6.88. The highest BCUT2D eigenvalue weighted by Gasteiger charge is 2.14. The van der Waals surface area contributed by atoms with Gasteiger partial charge in [0.25, 0.3) is 11.5 Å². The maximum Gasteiger partial charge on any atom is 0.387 e. The molecule has 3 aromatic rings. The molecular weight excluding hydrogens is 462 g/mol. The van der Waals surface area contributed by atoms with Crippen LogP contribution in [0.15, 0.2) is 57.9 Å². The first-order valence-corrected chi connectivity index (χ1v) is 9.72. The summed E-state index contributed by atoms with van der Waals surface area (Å²) in [5.74, 6) is -0.252. The minimum atomic E-state index is -2.97. The molecule has 3 N–H and O–H groups in total. The molecule has 0 saturated heterocycles. The second kappa shape index (κ2) is 9.57. The summed E-state index contributed by atoms with van der Waals surface area (Å²) in [5, 5.41) is 8.31. The van der Waals surface area contributed by atoms with E-state index in [2.05, 4.69) is 36.4 Å². The molecule has 158 valence electrons. The first kappa shape index (κ1) is 21.6. The molecule has 0 aliphatic heterocycles. The molecule has 0 aliphatic carbocycles. The average molecular weight is 481 g/mol. The molecule has 1 heterocycles. The molecule has 2 aromatic carbocycles. The quantitative estimate of drug-likeness (QED) is 0.459. The number of carbonyl (C=O) groups excluding carboxylic acids is 1. The molecule has 7 nitrogen and oxygen atoms in total. The van der Waals surface area contributed by atoms with Crippen molar-refractivity contribution in [3.63, 3.8) is 0 Å². The van der Waals surface area contributed by atoms with Gasteiger partial charge in [0.1, 0.15) is 5.75 Å². The highest BCUT2D eigenvalue weighted by molar-refractivity contribution is 9.10. The number of ether oxygens (including phenoxy) is 1. The number of alkyl halides is 2. The van der Waals surface area contributed by atoms with Crippen molar-refractivity contribution in [2.45, 2.75) is 19.7 Å². The van der Waals surface area contributed by atoms with Crippen LogP contribution >= 0.6 is 15.9 Å². The van der Waals surface area contributed by atoms with E-state index in [1.807, 2.05) is 0 Å². The molecule has 0 fully saturated rings. The van der Waals surface area contributed by atoms with Gasteiger partial charge in [-0.25, -0.2) is 0 Å². The van der Waals surface area contributed by atoms with Crippen LogP contribution in [0.3, 0.4) is 0 Å². The lowest BCUT2D eigenvalue weighted by atomic mass is 10.1. The summed E-state index contributed by atoms with van der Waals surface area (Å²) >= 11 is 3.36. The third-order valence-electron chi connectivity index (χ3n) is 4.28. The van der Waals surface area contributed by atoms with E-state index in [1.165, 1.54) is 19.2 Å². The van der Waals surface area contributed by atoms with Gasteiger partial charge in [0.2, 0.25) is 0 Å². The van der Waals surface area contributed by atoms with Gasteiger partial charge < -0.3 is 15.4 Å². The molecule has 0 saturated carbocycles. The van der Waals surface area contributed by atoms with E-state index < -0.39 is 6.61 Å². The predicted molar refractivity (Wildman–Crippen MR) is 112 cm³/mol. The number of nitrogens with one attached hydrogen (secondary N) is 3. The third-order valence-corrected chi connectivity index (χ3v) is 4.77. The number of halogens is 3. The Morgan fingerprint density at radius 1 is 1.23 bits per heavy atom. The average Bonchev–Trinajstić information content (AvgIpc) is 3.11. The van der Waals surface area contributed by atoms with Crippen molar-refractivity contribution in [1.82, 2.24) is 15.1 Å². The molecule has 0 atom stereocenters. The molecular formula is C20H19BrF2N4O3. The van der Waals surface area contributed by atoms with Crippen molar-refractivity contribution in [3.05, 3.63) is 80.2 Å². The Morgan fingerprint density at radius 2 is 2.03 bits per heavy atom. The Morgan fingerprint density at radius 3 is 2.70 bits per heavy atom. The number of aromatic amines is 1. The number of amides is 1. The van der Waals surface area contributed by atoms with Gasteiger partial charge >= 0.3 is 6.61 Å². The van der Waals surface area contributed by atoms with Crippen molar-refractivity contribution in [2.24, 2.45) is 0 Å². The number of aromatic nitrogens is 2. The van der Waals surface area contributed by atoms with Crippen molar-refractivity contribution >= 4 is 27.5 Å². The Hall–Kier alpha value is -3.14. The van der Waals surface area contributed by atoms with Gasteiger partial charge in [0, 0.05) is 41.6 Å². The van der Waals surface area contributed by atoms with Gasteiger partial charge in [-0.05, 0) is 35.9 Å². The molecule has 10 heteroatoms. The van der Waals surface area contributed by atoms with Gasteiger partial charge in [-0.2, -0.15) is 8.78 Å². The number of carbonyl (C=O) groups is 1. The van der Waals surface area contributed by atoms with Crippen LogP contribution in [0.5, 0.6) is 5.75 Å². The van der Waals surface area contributed by atoms with Crippen LogP contribution < -0.4 is 20.9 Å². The lowest BCUT2D eigenvalue weighted by molar-refractivity contribution is -0.0504. The van der Waals surface area contributed by atoms with Crippen molar-refractivity contribution < 1.29 is 18.3 Å². The molecule has 0 bridgehead atoms. The minimum absolute atomic E-state index is 0.0266. The normalized spacial score (nSPS) is 10.8. The number of H-pyrrole nitrogens is 1. The Balaban J connectivity index is 1.87. The minimum Gasteiger partial charge on any atom is -0.434 e. The van der Waals surface area contributed by atoms with Crippen molar-refractivity contribution in [2.75, 3.05) is 12.4 Å². The number of benzene rings is 2. The standard InChI is InChI=1S/C20H19BrF2N4O3/c1-24-19(29)15-4-3-14(21)9-16(15)25-10-13-8-12(2-5-17(13)30-20(22)23)11-27-7-6-18(28)26-27/h2-9,20,25H,10-11H2,1H3,(H,24,29)(H,26,28). The fourth-order valence-electron chi connectivity index (χ4n) is 2.93. The van der Waals surface area contributed by atoms with E-state index in [0.29, 0.717) is 23.4 Å². The molecule has 0 unspecified atom stereocenters. The summed E-state index contributed by atoms with van der Waals surface area (Å²) in [6, 6.07) is 11.3. The first-order chi connectivity index (χ1) is 14.4. The van der Waals surface area contributed by atoms with Gasteiger partial charge in [-0.3, -0.25) is 19.4 Å². The second-order valence-corrected chi connectivity index (χ2v) is 7.28. The number of nitrogens with zero attached hydrogens (tertiary/aromatic N) is 1. The molecule has 0 aliphatic rings. The Labute approximate surface area is 179 Å². The zero-order chi connectivity index (χ0) is 21.7. The lowest BCUT2D eigenvalue weighted by Gasteiger charge is -2.16. The molecule has 0 radical (unpaired) electrons. The van der Waals surface area contributed by atoms with E-state index in [4.69, 9.17) is 0 Å². The highest BCUT2D eigenvalue weighted by Crippen LogP contribution is 2.26. The second-order valence-electron chi connectivity index (χ2n) is 6.36. The van der Waals surface area contributed by atoms with Crippen molar-refractivity contribution in [1.29, 1.82) is 0 Å². The zero-order valence-corrected chi connectivity index (χ0v) is 17.5. The summed E-state index contributed by atoms with van der Waals surface area (Å²) < 4.78 is 32.7. The van der Waals surface area contributed by atoms with Gasteiger partial charge in [-0.15, -0.1) is 0 Å². The fourth-order valence-corrected chi connectivity index (χ4v) is 3.29. The molecule has 0 spiro atoms. The number of hydrogen-bond donors (Lipinski definition) is 3. The summed E-state index contributed by atoms with van der Waals surface area (Å²) in [4.78, 5) is 23.4. The van der Waals surface area contributed by atoms with Gasteiger partial charge in [0.15, 0.2) is 0 Å². The topological polar surface area (TPSA) is 88.2 Å². The largest absolute Gasteiger partial charge is 0.434 e. The third kappa shape index (κ3) is 5.47. The number of rotatable bonds is 8. The van der Waals surface area contributed by atoms with E-state index in [-0.39, 0.29) is 23.8 Å². The van der Waals surface area contributed by atoms with Crippen LogP contribution in [-0.4, -0.2) is 29.3 Å². The predicted octanol–water partition coefficient (Wildman–Crippen LogP) is 3.56. The lowest BCUT2D eigenvalue weighted by Crippen LogP contribution is -2.19. The summed E-state index contributed by atoms with van der Waals surface area (Å²) in [6.07, 6.45) is 1.60. The monoisotopic (exact) mass is 480 g/mol. The smallest absolute Gasteiger partial charge is 0.387 e. The van der Waals surface area contributed by atoms with Crippen LogP contribution in [0.25, 0.3) is 0 Å². The summed E-state index contributed by atoms with van der Waals surface area (Å²) in [6.45, 7) is -2.48. The Bertz CT molecular complexity index is 1100. The SMILES string of the molecule is CNC(=O)c1ccc(Br)cc1NCc1cc(Cn2ccc(=O)[nH]2)ccc1OC(F)F. The van der Waals surface area contributed by atoms with Crippen LogP contribution in [0.4, 0.5) is 14.5 Å². The molecule has 1 aromatic heterocycles. The van der Waals surface area contributed by atoms with Crippen LogP contribution in [0.1, 0.15) is 21.5 Å². The van der Waals surface area contributed by atoms with Crippen LogP contribution in [0.2, 0.25) is 0 Å². The highest BCUT2D eigenvalue weighted by atomic mass is 79.9. The summed E-state index contributed by atoms with van der Waals surface area (Å²) in [7, 11) is 1.53. The maximum atomic E-state index is 12.8. The molecule has 3 rings (SSSR count). The molecule has 30 heavy (non-hydrogen) atoms. The maximum absolute atomic E-state index is 12.8. The summed E-state index contributed by atoms with van der Waals surface area (Å²) in [5.41, 5.74) is 1.97. The van der Waals surface area contributed by atoms with Gasteiger partial charge in [-0.1, -0.05) is 22.0 Å². The van der Waals surface area contributed by atoms with E-state index in [9.17, 15) is 18.4 Å². The van der Waals surface area contributed by atoms with E-state index in [1.54, 1.807) is 41.2 Å². The first-order valence-electron chi connectivity index (χ1n) is 8.93. The van der Waals surface area contributed by atoms with Crippen molar-refractivity contribution in [3.8, 4) is 5.75 Å². The molecule has 1 amide bonds. The van der Waals surface area contributed by atoms with Crippen LogP contribution in [0, 0.1) is 0 Å². The number of hydrogen-bond acceptors (Lipinski definition) is 4. The zero-order valence-electron chi connectivity index (χ0n) is 15.9. The van der Waals surface area contributed by atoms with E-state index in [0.717, 1.165) is 10.0 Å². The fraction of sp³-hybridized carbons (Fsp3) is 0.200. The van der Waals surface area contributed by atoms with E-state index >= 15 is 0 Å².